The van der Waals surface area contributed by atoms with Crippen molar-refractivity contribution in [2.75, 3.05) is 24.5 Å². The van der Waals surface area contributed by atoms with Crippen molar-refractivity contribution in [3.63, 3.8) is 0 Å². The van der Waals surface area contributed by atoms with E-state index >= 15 is 4.39 Å². The first kappa shape index (κ1) is 29.9. The lowest BCUT2D eigenvalue weighted by molar-refractivity contribution is 0.0218. The number of phenolic OH excluding ortho intramolecular Hbond substituents is 1. The number of rotatable bonds is 4. The van der Waals surface area contributed by atoms with Crippen molar-refractivity contribution in [2.45, 2.75) is 59.6 Å². The summed E-state index contributed by atoms with van der Waals surface area (Å²) in [5, 5.41) is 10.7. The third kappa shape index (κ3) is 5.61. The highest BCUT2D eigenvalue weighted by atomic mass is 19.1. The van der Waals surface area contributed by atoms with Crippen molar-refractivity contribution in [2.24, 2.45) is 0 Å². The van der Waals surface area contributed by atoms with E-state index in [0.717, 1.165) is 12.1 Å². The van der Waals surface area contributed by atoms with Crippen molar-refractivity contribution < 1.29 is 23.4 Å². The van der Waals surface area contributed by atoms with Crippen LogP contribution in [-0.2, 0) is 11.2 Å². The third-order valence-corrected chi connectivity index (χ3v) is 7.34. The van der Waals surface area contributed by atoms with Gasteiger partial charge in [0.15, 0.2) is 11.5 Å². The first-order valence-electron chi connectivity index (χ1n) is 14.1. The maximum Gasteiger partial charge on any atom is 0.410 e. The molecule has 1 unspecified atom stereocenters. The van der Waals surface area contributed by atoms with Gasteiger partial charge in [-0.1, -0.05) is 13.0 Å². The molecule has 12 heteroatoms. The second kappa shape index (κ2) is 11.2. The van der Waals surface area contributed by atoms with Gasteiger partial charge >= 0.3 is 11.8 Å². The molecule has 0 radical (unpaired) electrons. The quantitative estimate of drug-likeness (QED) is 0.347. The first-order chi connectivity index (χ1) is 20.3. The maximum absolute atomic E-state index is 15.8. The number of piperazine rings is 1. The van der Waals surface area contributed by atoms with Crippen LogP contribution in [0.3, 0.4) is 0 Å². The van der Waals surface area contributed by atoms with Gasteiger partial charge < -0.3 is 19.6 Å². The van der Waals surface area contributed by atoms with Crippen molar-refractivity contribution >= 4 is 22.9 Å². The Hall–Kier alpha value is -4.61. The summed E-state index contributed by atoms with van der Waals surface area (Å²) in [7, 11) is 0. The third-order valence-electron chi connectivity index (χ3n) is 7.34. The number of hydrogen-bond acceptors (Lipinski definition) is 8. The van der Waals surface area contributed by atoms with E-state index in [1.165, 1.54) is 16.7 Å². The number of fused-ring (bicyclic) bond motifs is 1. The molecule has 5 rings (SSSR count). The number of carbonyl (C=O) groups excluding carboxylic acids is 1. The number of benzene rings is 1. The summed E-state index contributed by atoms with van der Waals surface area (Å²) in [6.45, 7) is 11.8. The largest absolute Gasteiger partial charge is 0.507 e. The molecule has 0 spiro atoms. The van der Waals surface area contributed by atoms with Gasteiger partial charge in [-0.25, -0.2) is 27.9 Å². The van der Waals surface area contributed by atoms with Crippen LogP contribution in [0.15, 0.2) is 41.3 Å². The van der Waals surface area contributed by atoms with Crippen LogP contribution in [0.4, 0.5) is 19.4 Å². The zero-order chi connectivity index (χ0) is 31.2. The van der Waals surface area contributed by atoms with E-state index < -0.39 is 46.0 Å². The van der Waals surface area contributed by atoms with E-state index in [4.69, 9.17) is 4.74 Å². The molecule has 4 aromatic rings. The number of ether oxygens (including phenoxy) is 1. The Bertz CT molecular complexity index is 1770. The lowest BCUT2D eigenvalue weighted by Crippen LogP contribution is -2.55. The number of aromatic hydroxyl groups is 1. The van der Waals surface area contributed by atoms with Crippen LogP contribution in [-0.4, -0.2) is 66.9 Å². The number of anilines is 1. The molecule has 0 aliphatic carbocycles. The SMILES string of the molecule is CCc1nccc(C)c1-n1c(=O)nc(N2CCN(C(=O)OC(C)(C)C)CC2C)c2cc(F)c(-c3c(O)cccc3F)nc21. The number of phenols is 1. The highest BCUT2D eigenvalue weighted by Crippen LogP contribution is 2.36. The molecule has 1 amide bonds. The van der Waals surface area contributed by atoms with Crippen molar-refractivity contribution in [3.05, 3.63) is 69.9 Å². The maximum atomic E-state index is 15.8. The molecular weight excluding hydrogens is 558 g/mol. The summed E-state index contributed by atoms with van der Waals surface area (Å²) in [4.78, 5) is 43.4. The number of hydrogen-bond donors (Lipinski definition) is 1. The highest BCUT2D eigenvalue weighted by molar-refractivity contribution is 5.91. The van der Waals surface area contributed by atoms with Gasteiger partial charge in [0.1, 0.15) is 28.7 Å². The number of aryl methyl sites for hydroxylation is 2. The topological polar surface area (TPSA) is 114 Å². The summed E-state index contributed by atoms with van der Waals surface area (Å²) < 4.78 is 37.6. The smallest absolute Gasteiger partial charge is 0.410 e. The Kier molecular flexibility index (Phi) is 7.80. The fourth-order valence-corrected chi connectivity index (χ4v) is 5.38. The number of carbonyl (C=O) groups is 1. The van der Waals surface area contributed by atoms with Gasteiger partial charge in [-0.2, -0.15) is 4.98 Å². The van der Waals surface area contributed by atoms with Crippen molar-refractivity contribution in [1.29, 1.82) is 0 Å². The number of halogens is 2. The summed E-state index contributed by atoms with van der Waals surface area (Å²) in [6, 6.07) is 6.21. The van der Waals surface area contributed by atoms with Gasteiger partial charge in [0.2, 0.25) is 0 Å². The van der Waals surface area contributed by atoms with Gasteiger partial charge in [-0.3, -0.25) is 4.98 Å². The molecule has 1 atom stereocenters. The van der Waals surface area contributed by atoms with Gasteiger partial charge in [-0.05, 0) is 70.9 Å². The average molecular weight is 593 g/mol. The predicted molar refractivity (Wildman–Crippen MR) is 159 cm³/mol. The zero-order valence-electron chi connectivity index (χ0n) is 25.0. The summed E-state index contributed by atoms with van der Waals surface area (Å²) in [6.07, 6.45) is 1.67. The Balaban J connectivity index is 1.73. The van der Waals surface area contributed by atoms with E-state index in [-0.39, 0.29) is 42.5 Å². The van der Waals surface area contributed by atoms with Gasteiger partial charge in [0.25, 0.3) is 0 Å². The normalized spacial score (nSPS) is 15.7. The minimum Gasteiger partial charge on any atom is -0.507 e. The van der Waals surface area contributed by atoms with Crippen LogP contribution < -0.4 is 10.6 Å². The molecule has 43 heavy (non-hydrogen) atoms. The van der Waals surface area contributed by atoms with Crippen LogP contribution in [0.5, 0.6) is 5.75 Å². The van der Waals surface area contributed by atoms with Gasteiger partial charge in [0.05, 0.1) is 22.3 Å². The van der Waals surface area contributed by atoms with E-state index in [2.05, 4.69) is 15.0 Å². The van der Waals surface area contributed by atoms with E-state index in [9.17, 15) is 19.1 Å². The summed E-state index contributed by atoms with van der Waals surface area (Å²) >= 11 is 0. The molecule has 226 valence electrons. The molecule has 1 aliphatic heterocycles. The van der Waals surface area contributed by atoms with Crippen LogP contribution in [0.25, 0.3) is 28.0 Å². The molecular formula is C31H34F2N6O4. The molecule has 1 fully saturated rings. The molecule has 10 nitrogen and oxygen atoms in total. The van der Waals surface area contributed by atoms with E-state index in [0.29, 0.717) is 23.4 Å². The second-order valence-corrected chi connectivity index (χ2v) is 11.6. The second-order valence-electron chi connectivity index (χ2n) is 11.6. The number of amides is 1. The van der Waals surface area contributed by atoms with Crippen LogP contribution in [0.2, 0.25) is 0 Å². The van der Waals surface area contributed by atoms with Crippen LogP contribution in [0, 0.1) is 18.6 Å². The zero-order valence-corrected chi connectivity index (χ0v) is 25.0. The number of aromatic nitrogens is 4. The monoisotopic (exact) mass is 592 g/mol. The van der Waals surface area contributed by atoms with E-state index in [1.54, 1.807) is 37.9 Å². The van der Waals surface area contributed by atoms with Crippen LogP contribution in [0.1, 0.15) is 45.9 Å². The number of nitrogens with zero attached hydrogens (tertiary/aromatic N) is 6. The molecule has 0 bridgehead atoms. The fraction of sp³-hybridized carbons (Fsp3) is 0.387. The highest BCUT2D eigenvalue weighted by Gasteiger charge is 2.33. The van der Waals surface area contributed by atoms with Crippen molar-refractivity contribution in [1.82, 2.24) is 24.4 Å². The molecule has 4 heterocycles. The average Bonchev–Trinajstić information content (AvgIpc) is 2.92. The Morgan fingerprint density at radius 1 is 1.14 bits per heavy atom. The predicted octanol–water partition coefficient (Wildman–Crippen LogP) is 5.14. The van der Waals surface area contributed by atoms with Gasteiger partial charge in [0, 0.05) is 31.9 Å². The lowest BCUT2D eigenvalue weighted by atomic mass is 10.1. The molecule has 0 saturated carbocycles. The van der Waals surface area contributed by atoms with Crippen LogP contribution >= 0.6 is 0 Å². The minimum atomic E-state index is -0.903. The molecule has 1 aromatic carbocycles. The Labute approximate surface area is 247 Å². The Morgan fingerprint density at radius 2 is 1.88 bits per heavy atom. The standard InChI is InChI=1S/C31H34F2N6O4/c1-7-22-26(17(2)11-12-34-22)39-28-19(15-21(33)25(35-28)24-20(32)9-8-10-23(24)40)27(36-29(39)41)38-14-13-37(16-18(38)3)30(42)43-31(4,5)6/h8-12,15,18,40H,7,13-14,16H2,1-6H3. The van der Waals surface area contributed by atoms with Crippen molar-refractivity contribution in [3.8, 4) is 22.7 Å². The van der Waals surface area contributed by atoms with Gasteiger partial charge in [-0.15, -0.1) is 0 Å². The Morgan fingerprint density at radius 3 is 2.53 bits per heavy atom. The number of pyridine rings is 2. The fourth-order valence-electron chi connectivity index (χ4n) is 5.38. The summed E-state index contributed by atoms with van der Waals surface area (Å²) in [5.74, 6) is -2.08. The molecule has 1 saturated heterocycles. The minimum absolute atomic E-state index is 0.0293. The molecule has 3 aromatic heterocycles. The van der Waals surface area contributed by atoms with E-state index in [1.807, 2.05) is 25.7 Å². The lowest BCUT2D eigenvalue weighted by Gasteiger charge is -2.41. The summed E-state index contributed by atoms with van der Waals surface area (Å²) in [5.41, 5.74) is -0.420. The first-order valence-corrected chi connectivity index (χ1v) is 14.1. The molecule has 1 aliphatic rings. The molecule has 1 N–H and O–H groups in total.